The molecule has 0 aromatic heterocycles. The largest absolute Gasteiger partial charge is 0.352 e. The summed E-state index contributed by atoms with van der Waals surface area (Å²) >= 11 is 0. The molecule has 2 N–H and O–H groups in total. The fourth-order valence-corrected chi connectivity index (χ4v) is 3.87. The average Bonchev–Trinajstić information content (AvgIpc) is 2.60. The van der Waals surface area contributed by atoms with Gasteiger partial charge in [0.15, 0.2) is 0 Å². The van der Waals surface area contributed by atoms with Crippen LogP contribution in [0.4, 0.5) is 9.18 Å². The fraction of sp³-hybridized carbons (Fsp3) is 0.579. The van der Waals surface area contributed by atoms with Gasteiger partial charge in [-0.05, 0) is 36.0 Å². The number of nitrogens with one attached hydrogen (secondary N) is 2. The van der Waals surface area contributed by atoms with Crippen LogP contribution in [0.15, 0.2) is 24.3 Å². The zero-order valence-corrected chi connectivity index (χ0v) is 14.7. The minimum absolute atomic E-state index is 0.125. The Morgan fingerprint density at radius 1 is 1.36 bits per heavy atom. The van der Waals surface area contributed by atoms with Crippen LogP contribution in [0, 0.1) is 11.2 Å². The Labute approximate surface area is 148 Å². The van der Waals surface area contributed by atoms with E-state index in [4.69, 9.17) is 0 Å². The molecule has 1 heterocycles. The van der Waals surface area contributed by atoms with Crippen molar-refractivity contribution in [3.63, 3.8) is 0 Å². The van der Waals surface area contributed by atoms with Gasteiger partial charge in [0.1, 0.15) is 11.9 Å². The van der Waals surface area contributed by atoms with E-state index in [1.54, 1.807) is 12.1 Å². The Hall–Kier alpha value is -2.11. The molecule has 25 heavy (non-hydrogen) atoms. The van der Waals surface area contributed by atoms with Crippen molar-refractivity contribution < 1.29 is 14.0 Å². The number of piperazine rings is 1. The SMILES string of the molecule is CC1(CNC(=O)N2CCNC(=O)C2c2cccc(F)c2)CCCCC1. The van der Waals surface area contributed by atoms with E-state index in [1.807, 2.05) is 0 Å². The number of carbonyl (C=O) groups excluding carboxylic acids is 2. The van der Waals surface area contributed by atoms with Gasteiger partial charge in [-0.2, -0.15) is 0 Å². The lowest BCUT2D eigenvalue weighted by molar-refractivity contribution is -0.127. The highest BCUT2D eigenvalue weighted by Crippen LogP contribution is 2.35. The number of amides is 3. The van der Waals surface area contributed by atoms with Gasteiger partial charge in [-0.15, -0.1) is 0 Å². The van der Waals surface area contributed by atoms with Crippen LogP contribution >= 0.6 is 0 Å². The molecule has 1 aromatic rings. The Bertz CT molecular complexity index is 643. The minimum Gasteiger partial charge on any atom is -0.352 e. The second-order valence-electron chi connectivity index (χ2n) is 7.47. The number of halogens is 1. The molecule has 2 fully saturated rings. The van der Waals surface area contributed by atoms with Crippen molar-refractivity contribution in [1.82, 2.24) is 15.5 Å². The Kier molecular flexibility index (Phi) is 5.25. The molecule has 1 aliphatic heterocycles. The van der Waals surface area contributed by atoms with Gasteiger partial charge in [0, 0.05) is 19.6 Å². The standard InChI is InChI=1S/C19H26FN3O2/c1-19(8-3-2-4-9-19)13-22-18(25)23-11-10-21-17(24)16(23)14-6-5-7-15(20)12-14/h5-7,12,16H,2-4,8-11,13H2,1H3,(H,21,24)(H,22,25). The third-order valence-corrected chi connectivity index (χ3v) is 5.36. The molecule has 3 rings (SSSR count). The third-order valence-electron chi connectivity index (χ3n) is 5.36. The zero-order valence-electron chi connectivity index (χ0n) is 14.7. The maximum atomic E-state index is 13.6. The maximum absolute atomic E-state index is 13.6. The van der Waals surface area contributed by atoms with E-state index >= 15 is 0 Å². The predicted octanol–water partition coefficient (Wildman–Crippen LogP) is 2.98. The maximum Gasteiger partial charge on any atom is 0.318 e. The Morgan fingerprint density at radius 2 is 2.12 bits per heavy atom. The highest BCUT2D eigenvalue weighted by molar-refractivity contribution is 5.89. The smallest absolute Gasteiger partial charge is 0.318 e. The van der Waals surface area contributed by atoms with Crippen molar-refractivity contribution >= 4 is 11.9 Å². The second kappa shape index (κ2) is 7.42. The molecule has 0 radical (unpaired) electrons. The summed E-state index contributed by atoms with van der Waals surface area (Å²) in [6.45, 7) is 3.64. The van der Waals surface area contributed by atoms with Gasteiger partial charge >= 0.3 is 6.03 Å². The summed E-state index contributed by atoms with van der Waals surface area (Å²) in [7, 11) is 0. The van der Waals surface area contributed by atoms with E-state index in [2.05, 4.69) is 17.6 Å². The highest BCUT2D eigenvalue weighted by atomic mass is 19.1. The van der Waals surface area contributed by atoms with Crippen LogP contribution in [0.1, 0.15) is 50.6 Å². The number of hydrogen-bond donors (Lipinski definition) is 2. The molecule has 1 atom stereocenters. The molecule has 1 unspecified atom stereocenters. The third kappa shape index (κ3) is 4.11. The first kappa shape index (κ1) is 17.7. The van der Waals surface area contributed by atoms with Gasteiger partial charge in [0.05, 0.1) is 0 Å². The van der Waals surface area contributed by atoms with Crippen LogP contribution in [-0.2, 0) is 4.79 Å². The van der Waals surface area contributed by atoms with Gasteiger partial charge in [0.25, 0.3) is 0 Å². The van der Waals surface area contributed by atoms with E-state index in [0.717, 1.165) is 12.8 Å². The second-order valence-corrected chi connectivity index (χ2v) is 7.47. The Morgan fingerprint density at radius 3 is 2.84 bits per heavy atom. The summed E-state index contributed by atoms with van der Waals surface area (Å²) < 4.78 is 13.6. The summed E-state index contributed by atoms with van der Waals surface area (Å²) in [5.41, 5.74) is 0.622. The van der Waals surface area contributed by atoms with Crippen molar-refractivity contribution in [3.05, 3.63) is 35.6 Å². The summed E-state index contributed by atoms with van der Waals surface area (Å²) in [6, 6.07) is 4.85. The van der Waals surface area contributed by atoms with E-state index < -0.39 is 11.9 Å². The topological polar surface area (TPSA) is 61.4 Å². The van der Waals surface area contributed by atoms with Gasteiger partial charge in [-0.25, -0.2) is 9.18 Å². The van der Waals surface area contributed by atoms with Crippen LogP contribution in [0.25, 0.3) is 0 Å². The lowest BCUT2D eigenvalue weighted by atomic mass is 9.76. The summed E-state index contributed by atoms with van der Waals surface area (Å²) in [4.78, 5) is 26.6. The summed E-state index contributed by atoms with van der Waals surface area (Å²) in [6.07, 6.45) is 5.88. The van der Waals surface area contributed by atoms with Crippen LogP contribution in [0.2, 0.25) is 0 Å². The molecular formula is C19H26FN3O2. The monoisotopic (exact) mass is 347 g/mol. The van der Waals surface area contributed by atoms with Crippen molar-refractivity contribution in [3.8, 4) is 0 Å². The average molecular weight is 347 g/mol. The van der Waals surface area contributed by atoms with Crippen molar-refractivity contribution in [2.45, 2.75) is 45.1 Å². The number of rotatable bonds is 3. The molecule has 136 valence electrons. The van der Waals surface area contributed by atoms with Crippen LogP contribution in [0.5, 0.6) is 0 Å². The predicted molar refractivity (Wildman–Crippen MR) is 93.4 cm³/mol. The molecule has 1 saturated heterocycles. The van der Waals surface area contributed by atoms with Gasteiger partial charge in [-0.3, -0.25) is 4.79 Å². The molecule has 5 nitrogen and oxygen atoms in total. The van der Waals surface area contributed by atoms with Gasteiger partial charge in [0.2, 0.25) is 5.91 Å². The molecule has 0 bridgehead atoms. The lowest BCUT2D eigenvalue weighted by Crippen LogP contribution is -2.55. The first-order chi connectivity index (χ1) is 12.0. The van der Waals surface area contributed by atoms with Crippen molar-refractivity contribution in [2.24, 2.45) is 5.41 Å². The molecule has 3 amide bonds. The van der Waals surface area contributed by atoms with Crippen LogP contribution in [0.3, 0.4) is 0 Å². The number of carbonyl (C=O) groups is 2. The molecule has 2 aliphatic rings. The molecule has 1 aliphatic carbocycles. The quantitative estimate of drug-likeness (QED) is 0.883. The molecule has 0 spiro atoms. The lowest BCUT2D eigenvalue weighted by Gasteiger charge is -2.38. The summed E-state index contributed by atoms with van der Waals surface area (Å²) in [5.74, 6) is -0.679. The Balaban J connectivity index is 1.71. The van der Waals surface area contributed by atoms with Gasteiger partial charge in [-0.1, -0.05) is 38.3 Å². The van der Waals surface area contributed by atoms with E-state index in [0.29, 0.717) is 25.2 Å². The fourth-order valence-electron chi connectivity index (χ4n) is 3.87. The molecule has 6 heteroatoms. The number of benzene rings is 1. The normalized spacial score (nSPS) is 23.0. The summed E-state index contributed by atoms with van der Waals surface area (Å²) in [5, 5.41) is 5.78. The van der Waals surface area contributed by atoms with Crippen molar-refractivity contribution in [2.75, 3.05) is 19.6 Å². The highest BCUT2D eigenvalue weighted by Gasteiger charge is 2.35. The van der Waals surface area contributed by atoms with Gasteiger partial charge < -0.3 is 15.5 Å². The van der Waals surface area contributed by atoms with E-state index in [-0.39, 0.29) is 17.4 Å². The molecule has 1 aromatic carbocycles. The number of hydrogen-bond acceptors (Lipinski definition) is 2. The van der Waals surface area contributed by atoms with Crippen LogP contribution in [-0.4, -0.2) is 36.5 Å². The van der Waals surface area contributed by atoms with E-state index in [9.17, 15) is 14.0 Å². The first-order valence-corrected chi connectivity index (χ1v) is 9.06. The molecule has 1 saturated carbocycles. The minimum atomic E-state index is -0.788. The number of urea groups is 1. The zero-order chi connectivity index (χ0) is 17.9. The van der Waals surface area contributed by atoms with Crippen LogP contribution < -0.4 is 10.6 Å². The van der Waals surface area contributed by atoms with E-state index in [1.165, 1.54) is 36.3 Å². The first-order valence-electron chi connectivity index (χ1n) is 9.06. The van der Waals surface area contributed by atoms with Crippen molar-refractivity contribution in [1.29, 1.82) is 0 Å². The molecular weight excluding hydrogens is 321 g/mol. The number of nitrogens with zero attached hydrogens (tertiary/aromatic N) is 1.